The first-order valence-corrected chi connectivity index (χ1v) is 10.1. The minimum absolute atomic E-state index is 0.0808. The molecule has 0 saturated carbocycles. The molecule has 1 heterocycles. The van der Waals surface area contributed by atoms with Crippen molar-refractivity contribution >= 4 is 40.4 Å². The summed E-state index contributed by atoms with van der Waals surface area (Å²) >= 11 is 5.95. The highest BCUT2D eigenvalue weighted by Gasteiger charge is 2.41. The molecule has 0 saturated heterocycles. The Morgan fingerprint density at radius 1 is 0.906 bits per heavy atom. The number of benzene rings is 3. The van der Waals surface area contributed by atoms with Gasteiger partial charge in [0.25, 0.3) is 17.5 Å². The maximum absolute atomic E-state index is 13.4. The van der Waals surface area contributed by atoms with E-state index in [4.69, 9.17) is 11.6 Å². The molecule has 32 heavy (non-hydrogen) atoms. The first-order chi connectivity index (χ1) is 15.4. The molecule has 160 valence electrons. The molecule has 0 spiro atoms. The van der Waals surface area contributed by atoms with Gasteiger partial charge in [-0.15, -0.1) is 0 Å². The fourth-order valence-electron chi connectivity index (χ4n) is 3.58. The Labute approximate surface area is 189 Å². The number of halogens is 1. The number of anilines is 1. The molecule has 1 aliphatic rings. The lowest BCUT2D eigenvalue weighted by atomic mass is 10.0. The van der Waals surface area contributed by atoms with Gasteiger partial charge >= 0.3 is 0 Å². The second-order valence-corrected chi connectivity index (χ2v) is 7.68. The molecule has 0 bridgehead atoms. The zero-order valence-electron chi connectivity index (χ0n) is 17.1. The molecular weight excluding hydrogens is 430 g/mol. The maximum Gasteiger partial charge on any atom is 0.278 e. The molecule has 3 aromatic rings. The van der Waals surface area contributed by atoms with Gasteiger partial charge in [-0.25, -0.2) is 0 Å². The second-order valence-electron chi connectivity index (χ2n) is 7.25. The van der Waals surface area contributed by atoms with Crippen LogP contribution in [0.2, 0.25) is 5.02 Å². The molecule has 7 nitrogen and oxygen atoms in total. The van der Waals surface area contributed by atoms with Gasteiger partial charge in [0.2, 0.25) is 0 Å². The fraction of sp³-hybridized carbons (Fsp3) is 0.0833. The van der Waals surface area contributed by atoms with Gasteiger partial charge in [0, 0.05) is 29.9 Å². The summed E-state index contributed by atoms with van der Waals surface area (Å²) in [6.45, 7) is 0.0808. The first-order valence-electron chi connectivity index (χ1n) is 9.75. The van der Waals surface area contributed by atoms with Crippen LogP contribution in [0.5, 0.6) is 0 Å². The summed E-state index contributed by atoms with van der Waals surface area (Å²) in [6, 6.07) is 21.7. The van der Waals surface area contributed by atoms with Crippen LogP contribution in [-0.2, 0) is 16.1 Å². The first kappa shape index (κ1) is 21.3. The van der Waals surface area contributed by atoms with Gasteiger partial charge < -0.3 is 4.90 Å². The van der Waals surface area contributed by atoms with E-state index < -0.39 is 16.7 Å². The number of nitro groups is 1. The zero-order chi connectivity index (χ0) is 22.8. The monoisotopic (exact) mass is 447 g/mol. The average Bonchev–Trinajstić information content (AvgIpc) is 3.05. The molecular formula is C24H18ClN3O4. The summed E-state index contributed by atoms with van der Waals surface area (Å²) in [5.74, 6) is -0.902. The predicted molar refractivity (Wildman–Crippen MR) is 122 cm³/mol. The SMILES string of the molecule is CN(C1=C(c2ccc([N+](=O)[O-])cc2)C(=O)N(Cc2ccc(Cl)cc2)C1=O)c1ccccc1. The molecule has 0 aliphatic carbocycles. The normalized spacial score (nSPS) is 13.6. The summed E-state index contributed by atoms with van der Waals surface area (Å²) in [5, 5.41) is 11.6. The van der Waals surface area contributed by atoms with Gasteiger partial charge in [-0.2, -0.15) is 0 Å². The van der Waals surface area contributed by atoms with E-state index in [1.165, 1.54) is 29.2 Å². The largest absolute Gasteiger partial charge is 0.339 e. The van der Waals surface area contributed by atoms with E-state index in [0.717, 1.165) is 11.3 Å². The second kappa shape index (κ2) is 8.64. The van der Waals surface area contributed by atoms with Crippen LogP contribution in [0.15, 0.2) is 84.6 Å². The van der Waals surface area contributed by atoms with Crippen LogP contribution >= 0.6 is 11.6 Å². The molecule has 0 fully saturated rings. The van der Waals surface area contributed by atoms with Crippen molar-refractivity contribution in [1.29, 1.82) is 0 Å². The Kier molecular flexibility index (Phi) is 5.75. The molecule has 0 atom stereocenters. The molecule has 3 aromatic carbocycles. The highest BCUT2D eigenvalue weighted by Crippen LogP contribution is 2.34. The topological polar surface area (TPSA) is 83.8 Å². The highest BCUT2D eigenvalue weighted by molar-refractivity contribution is 6.36. The van der Waals surface area contributed by atoms with Crippen molar-refractivity contribution in [3.8, 4) is 0 Å². The predicted octanol–water partition coefficient (Wildman–Crippen LogP) is 4.66. The number of hydrogen-bond acceptors (Lipinski definition) is 5. The fourth-order valence-corrected chi connectivity index (χ4v) is 3.71. The van der Waals surface area contributed by atoms with E-state index in [1.807, 2.05) is 30.3 Å². The number of rotatable bonds is 6. The highest BCUT2D eigenvalue weighted by atomic mass is 35.5. The molecule has 0 aromatic heterocycles. The third kappa shape index (κ3) is 3.98. The molecule has 4 rings (SSSR count). The number of imide groups is 1. The Morgan fingerprint density at radius 3 is 2.12 bits per heavy atom. The molecule has 2 amide bonds. The van der Waals surface area contributed by atoms with Crippen LogP contribution in [0.4, 0.5) is 11.4 Å². The van der Waals surface area contributed by atoms with Gasteiger partial charge in [0.05, 0.1) is 17.0 Å². The van der Waals surface area contributed by atoms with Gasteiger partial charge in [-0.1, -0.05) is 41.9 Å². The van der Waals surface area contributed by atoms with Gasteiger partial charge in [-0.3, -0.25) is 24.6 Å². The van der Waals surface area contributed by atoms with E-state index >= 15 is 0 Å². The summed E-state index contributed by atoms with van der Waals surface area (Å²) in [5.41, 5.74) is 2.24. The Balaban J connectivity index is 1.78. The third-order valence-corrected chi connectivity index (χ3v) is 5.50. The number of para-hydroxylation sites is 1. The van der Waals surface area contributed by atoms with Crippen molar-refractivity contribution in [2.75, 3.05) is 11.9 Å². The van der Waals surface area contributed by atoms with E-state index in [1.54, 1.807) is 36.2 Å². The summed E-state index contributed by atoms with van der Waals surface area (Å²) in [7, 11) is 1.72. The molecule has 8 heteroatoms. The van der Waals surface area contributed by atoms with Crippen molar-refractivity contribution in [3.63, 3.8) is 0 Å². The van der Waals surface area contributed by atoms with Crippen LogP contribution in [-0.4, -0.2) is 28.7 Å². The van der Waals surface area contributed by atoms with Crippen LogP contribution in [0, 0.1) is 10.1 Å². The molecule has 1 aliphatic heterocycles. The van der Waals surface area contributed by atoms with Gasteiger partial charge in [0.15, 0.2) is 0 Å². The minimum atomic E-state index is -0.510. The lowest BCUT2D eigenvalue weighted by Crippen LogP contribution is -2.33. The third-order valence-electron chi connectivity index (χ3n) is 5.24. The Bertz CT molecular complexity index is 1220. The number of nitrogens with zero attached hydrogens (tertiary/aromatic N) is 3. The molecule has 0 radical (unpaired) electrons. The minimum Gasteiger partial charge on any atom is -0.339 e. The van der Waals surface area contributed by atoms with E-state index in [0.29, 0.717) is 10.6 Å². The summed E-state index contributed by atoms with van der Waals surface area (Å²) in [4.78, 5) is 40.2. The number of likely N-dealkylation sites (N-methyl/N-ethyl adjacent to an activating group) is 1. The number of carbonyl (C=O) groups is 2. The van der Waals surface area contributed by atoms with Crippen LogP contribution in [0.25, 0.3) is 5.57 Å². The van der Waals surface area contributed by atoms with Crippen LogP contribution in [0.3, 0.4) is 0 Å². The lowest BCUT2D eigenvalue weighted by Gasteiger charge is -2.21. The smallest absolute Gasteiger partial charge is 0.278 e. The van der Waals surface area contributed by atoms with Crippen molar-refractivity contribution in [2.24, 2.45) is 0 Å². The van der Waals surface area contributed by atoms with Crippen molar-refractivity contribution in [1.82, 2.24) is 4.90 Å². The van der Waals surface area contributed by atoms with E-state index in [2.05, 4.69) is 0 Å². The average molecular weight is 448 g/mol. The van der Waals surface area contributed by atoms with Crippen molar-refractivity contribution < 1.29 is 14.5 Å². The quantitative estimate of drug-likeness (QED) is 0.311. The number of nitro benzene ring substituents is 1. The number of non-ortho nitro benzene ring substituents is 1. The number of carbonyl (C=O) groups excluding carboxylic acids is 2. The lowest BCUT2D eigenvalue weighted by molar-refractivity contribution is -0.384. The van der Waals surface area contributed by atoms with Crippen molar-refractivity contribution in [3.05, 3.63) is 111 Å². The Hall–Kier alpha value is -3.97. The molecule has 0 unspecified atom stereocenters. The maximum atomic E-state index is 13.4. The molecule has 0 N–H and O–H groups in total. The van der Waals surface area contributed by atoms with Crippen molar-refractivity contribution in [2.45, 2.75) is 6.54 Å². The van der Waals surface area contributed by atoms with Crippen LogP contribution < -0.4 is 4.90 Å². The summed E-state index contributed by atoms with van der Waals surface area (Å²) in [6.07, 6.45) is 0. The zero-order valence-corrected chi connectivity index (χ0v) is 17.8. The summed E-state index contributed by atoms with van der Waals surface area (Å²) < 4.78 is 0. The Morgan fingerprint density at radius 2 is 1.53 bits per heavy atom. The number of amides is 2. The standard InChI is InChI=1S/C24H18ClN3O4/c1-26(19-5-3-2-4-6-19)22-21(17-9-13-20(14-10-17)28(31)32)23(29)27(24(22)30)15-16-7-11-18(25)12-8-16/h2-14H,15H2,1H3. The van der Waals surface area contributed by atoms with Gasteiger partial charge in [0.1, 0.15) is 5.70 Å². The van der Waals surface area contributed by atoms with Gasteiger partial charge in [-0.05, 0) is 47.5 Å². The van der Waals surface area contributed by atoms with E-state index in [-0.39, 0.29) is 23.5 Å². The van der Waals surface area contributed by atoms with Crippen LogP contribution in [0.1, 0.15) is 11.1 Å². The number of hydrogen-bond donors (Lipinski definition) is 0. The van der Waals surface area contributed by atoms with E-state index in [9.17, 15) is 19.7 Å².